The Bertz CT molecular complexity index is 1770. The first-order chi connectivity index (χ1) is 23.0. The van der Waals surface area contributed by atoms with Crippen molar-refractivity contribution in [3.63, 3.8) is 0 Å². The zero-order valence-corrected chi connectivity index (χ0v) is 35.9. The number of imidazole rings is 1. The molecule has 0 bridgehead atoms. The summed E-state index contributed by atoms with van der Waals surface area (Å²) in [5.41, 5.74) is 2.99. The van der Waals surface area contributed by atoms with E-state index in [1.807, 2.05) is 34.9 Å². The van der Waals surface area contributed by atoms with Gasteiger partial charge in [0.2, 0.25) is 0 Å². The number of aromatic nitrogens is 7. The Hall–Kier alpha value is -2.60. The summed E-state index contributed by atoms with van der Waals surface area (Å²) in [6.45, 7) is 34.5. The van der Waals surface area contributed by atoms with Crippen LogP contribution < -0.4 is 0 Å². The van der Waals surface area contributed by atoms with Crippen LogP contribution in [0.25, 0.3) is 28.2 Å². The third-order valence-electron chi connectivity index (χ3n) is 11.6. The van der Waals surface area contributed by atoms with Gasteiger partial charge in [-0.05, 0) is 54.4 Å². The highest BCUT2D eigenvalue weighted by molar-refractivity contribution is 6.75. The van der Waals surface area contributed by atoms with Crippen LogP contribution in [0.4, 0.5) is 0 Å². The predicted octanol–water partition coefficient (Wildman–Crippen LogP) is 8.77. The molecule has 14 heteroatoms. The molecule has 0 radical (unpaired) electrons. The lowest BCUT2D eigenvalue weighted by molar-refractivity contribution is -0.0470. The van der Waals surface area contributed by atoms with Gasteiger partial charge in [-0.1, -0.05) is 97.9 Å². The number of nitrogens with zero attached hydrogens (tertiary/aromatic N) is 7. The molecule has 0 amide bonds. The third-order valence-corrected chi connectivity index (χ3v) is 25.1. The molecule has 3 aromatic heterocycles. The number of rotatable bonds is 10. The van der Waals surface area contributed by atoms with Crippen LogP contribution in [0.1, 0.15) is 68.5 Å². The van der Waals surface area contributed by atoms with Crippen molar-refractivity contribution in [1.82, 2.24) is 34.5 Å². The van der Waals surface area contributed by atoms with Gasteiger partial charge in [0.05, 0.1) is 24.8 Å². The average Bonchev–Trinajstić information content (AvgIpc) is 3.73. The first-order valence-electron chi connectivity index (χ1n) is 17.7. The second-order valence-electron chi connectivity index (χ2n) is 18.2. The van der Waals surface area contributed by atoms with Crippen LogP contribution in [0.3, 0.4) is 0 Å². The minimum absolute atomic E-state index is 0.0183. The summed E-state index contributed by atoms with van der Waals surface area (Å²) in [5.74, 6) is 0.539. The molecule has 1 fully saturated rings. The predicted molar refractivity (Wildman–Crippen MR) is 207 cm³/mol. The van der Waals surface area contributed by atoms with E-state index in [-0.39, 0.29) is 27.3 Å². The molecule has 274 valence electrons. The number of hydrogen-bond acceptors (Lipinski definition) is 9. The molecule has 4 aromatic rings. The van der Waals surface area contributed by atoms with E-state index in [0.717, 1.165) is 11.3 Å². The van der Waals surface area contributed by atoms with Gasteiger partial charge >= 0.3 is 0 Å². The van der Waals surface area contributed by atoms with Crippen LogP contribution in [0.5, 0.6) is 0 Å². The number of ether oxygens (including phenoxy) is 1. The lowest BCUT2D eigenvalue weighted by atomic mass is 10.1. The van der Waals surface area contributed by atoms with Crippen molar-refractivity contribution >= 4 is 36.1 Å². The summed E-state index contributed by atoms with van der Waals surface area (Å²) in [4.78, 5) is 14.3. The molecular formula is C36H59N7O4Si3. The number of benzene rings is 1. The molecule has 0 N–H and O–H groups in total. The summed E-state index contributed by atoms with van der Waals surface area (Å²) in [6, 6.07) is 10.0. The minimum atomic E-state index is -2.34. The van der Waals surface area contributed by atoms with Crippen molar-refractivity contribution in [2.24, 2.45) is 0 Å². The molecule has 1 aliphatic heterocycles. The van der Waals surface area contributed by atoms with Crippen molar-refractivity contribution in [2.45, 2.75) is 141 Å². The normalized spacial score (nSPS) is 21.3. The highest BCUT2D eigenvalue weighted by Gasteiger charge is 2.55. The monoisotopic (exact) mass is 737 g/mol. The Morgan fingerprint density at radius 1 is 0.740 bits per heavy atom. The van der Waals surface area contributed by atoms with Crippen LogP contribution in [-0.4, -0.2) is 84.4 Å². The number of fused-ring (bicyclic) bond motifs is 1. The zero-order valence-electron chi connectivity index (χ0n) is 32.9. The first-order valence-corrected chi connectivity index (χ1v) is 26.5. The second-order valence-corrected chi connectivity index (χ2v) is 32.6. The molecule has 0 spiro atoms. The van der Waals surface area contributed by atoms with E-state index in [2.05, 4.69) is 117 Å². The SMILES string of the molecule is CC(C)(C)[Si](C)(C)OC[C@H]1O[C@@H](n2cnc3c(-n4nncc4-c4ccccc4)ncnc32)[C@H](O[Si](C)(C)C(C)(C)C)[C@@H]1O[Si](C)(C)C(C)(C)C. The highest BCUT2D eigenvalue weighted by atomic mass is 28.4. The van der Waals surface area contributed by atoms with Crippen molar-refractivity contribution < 1.29 is 18.0 Å². The van der Waals surface area contributed by atoms with Gasteiger partial charge in [-0.25, -0.2) is 15.0 Å². The quantitative estimate of drug-likeness (QED) is 0.148. The highest BCUT2D eigenvalue weighted by Crippen LogP contribution is 2.47. The summed E-state index contributed by atoms with van der Waals surface area (Å²) >= 11 is 0. The summed E-state index contributed by atoms with van der Waals surface area (Å²) in [6.07, 6.45) is 3.35. The topological polar surface area (TPSA) is 111 Å². The van der Waals surface area contributed by atoms with E-state index in [1.54, 1.807) is 23.5 Å². The molecule has 5 rings (SSSR count). The molecule has 1 aromatic carbocycles. The van der Waals surface area contributed by atoms with Crippen LogP contribution in [0, 0.1) is 0 Å². The van der Waals surface area contributed by atoms with Gasteiger partial charge in [-0.3, -0.25) is 4.57 Å². The summed E-state index contributed by atoms with van der Waals surface area (Å²) < 4.78 is 32.4. The Kier molecular flexibility index (Phi) is 10.4. The largest absolute Gasteiger partial charge is 0.414 e. The van der Waals surface area contributed by atoms with E-state index in [9.17, 15) is 0 Å². The fraction of sp³-hybridized carbons (Fsp3) is 0.639. The van der Waals surface area contributed by atoms with E-state index in [1.165, 1.54) is 0 Å². The van der Waals surface area contributed by atoms with Crippen molar-refractivity contribution in [3.8, 4) is 17.1 Å². The fourth-order valence-corrected chi connectivity index (χ4v) is 8.87. The zero-order chi connectivity index (χ0) is 37.1. The van der Waals surface area contributed by atoms with Crippen LogP contribution in [0.2, 0.25) is 54.4 Å². The molecule has 0 saturated carbocycles. The van der Waals surface area contributed by atoms with Crippen molar-refractivity contribution in [3.05, 3.63) is 49.2 Å². The smallest absolute Gasteiger partial charge is 0.192 e. The Morgan fingerprint density at radius 2 is 1.32 bits per heavy atom. The molecule has 0 aliphatic carbocycles. The van der Waals surface area contributed by atoms with E-state index in [4.69, 9.17) is 28.0 Å². The Labute approximate surface area is 301 Å². The lowest BCUT2D eigenvalue weighted by Gasteiger charge is -2.44. The summed E-state index contributed by atoms with van der Waals surface area (Å²) in [7, 11) is -6.75. The van der Waals surface area contributed by atoms with Gasteiger partial charge in [0.15, 0.2) is 48.2 Å². The maximum atomic E-state index is 7.38. The van der Waals surface area contributed by atoms with Gasteiger partial charge in [-0.15, -0.1) is 5.10 Å². The molecule has 1 saturated heterocycles. The van der Waals surface area contributed by atoms with Crippen LogP contribution >= 0.6 is 0 Å². The Balaban J connectivity index is 1.63. The molecule has 50 heavy (non-hydrogen) atoms. The standard InChI is InChI=1S/C36H59N7O4Si3/c1-34(2,3)48(10,11)44-22-27-29(46-49(12,13)35(4,5)6)30(47-50(14,15)36(7,8)9)33(45-27)42-24-39-28-31(42)37-23-38-32(28)43-26(21-40-41-43)25-19-17-16-18-20-25/h16-21,23-24,27,29-30,33H,22H2,1-15H3/t27-,29-,30-,33-/m1/s1. The number of hydrogen-bond donors (Lipinski definition) is 0. The maximum absolute atomic E-state index is 7.38. The van der Waals surface area contributed by atoms with Gasteiger partial charge in [0.25, 0.3) is 0 Å². The van der Waals surface area contributed by atoms with Crippen molar-refractivity contribution in [2.75, 3.05) is 6.61 Å². The van der Waals surface area contributed by atoms with Gasteiger partial charge in [0.1, 0.15) is 24.6 Å². The maximum Gasteiger partial charge on any atom is 0.192 e. The average molecular weight is 738 g/mol. The third kappa shape index (κ3) is 7.48. The lowest BCUT2D eigenvalue weighted by Crippen LogP contribution is -2.54. The van der Waals surface area contributed by atoms with E-state index < -0.39 is 37.3 Å². The molecule has 4 heterocycles. The Morgan fingerprint density at radius 3 is 1.90 bits per heavy atom. The second kappa shape index (κ2) is 13.4. The molecule has 11 nitrogen and oxygen atoms in total. The van der Waals surface area contributed by atoms with E-state index >= 15 is 0 Å². The fourth-order valence-electron chi connectivity index (χ4n) is 5.25. The molecular weight excluding hydrogens is 679 g/mol. The molecule has 1 aliphatic rings. The van der Waals surface area contributed by atoms with Crippen LogP contribution in [0.15, 0.2) is 49.2 Å². The molecule has 0 unspecified atom stereocenters. The summed E-state index contributed by atoms with van der Waals surface area (Å²) in [5, 5.41) is 8.63. The minimum Gasteiger partial charge on any atom is -0.414 e. The van der Waals surface area contributed by atoms with Crippen molar-refractivity contribution in [1.29, 1.82) is 0 Å². The van der Waals surface area contributed by atoms with Gasteiger partial charge < -0.3 is 18.0 Å². The molecule has 4 atom stereocenters. The first kappa shape index (κ1) is 38.6. The van der Waals surface area contributed by atoms with Crippen LogP contribution in [-0.2, 0) is 18.0 Å². The van der Waals surface area contributed by atoms with E-state index in [0.29, 0.717) is 23.6 Å². The van der Waals surface area contributed by atoms with Gasteiger partial charge in [-0.2, -0.15) is 4.68 Å². The van der Waals surface area contributed by atoms with Gasteiger partial charge in [0, 0.05) is 5.56 Å².